The molecule has 0 spiro atoms. The normalized spacial score (nSPS) is 10.2. The van der Waals surface area contributed by atoms with Crippen molar-refractivity contribution in [1.29, 1.82) is 0 Å². The lowest BCUT2D eigenvalue weighted by Gasteiger charge is -2.07. The Labute approximate surface area is 123 Å². The quantitative estimate of drug-likeness (QED) is 0.934. The van der Waals surface area contributed by atoms with Gasteiger partial charge in [0, 0.05) is 17.1 Å². The number of nitrogens with one attached hydrogen (secondary N) is 1. The van der Waals surface area contributed by atoms with Gasteiger partial charge in [-0.15, -0.1) is 0 Å². The van der Waals surface area contributed by atoms with Crippen molar-refractivity contribution in [2.24, 2.45) is 0 Å². The number of halogens is 1. The summed E-state index contributed by atoms with van der Waals surface area (Å²) in [6, 6.07) is 12.9. The number of benzene rings is 2. The Morgan fingerprint density at radius 1 is 1.20 bits per heavy atom. The number of hydrogen-bond donors (Lipinski definition) is 1. The smallest absolute Gasteiger partial charge is 0.251 e. The molecule has 0 aliphatic rings. The molecule has 2 aromatic carbocycles. The number of aryl methyl sites for hydroxylation is 1. The molecule has 20 heavy (non-hydrogen) atoms. The van der Waals surface area contributed by atoms with Crippen LogP contribution in [0, 0.1) is 6.92 Å². The lowest BCUT2D eigenvalue weighted by Crippen LogP contribution is -2.22. The topological polar surface area (TPSA) is 38.3 Å². The molecule has 0 aliphatic heterocycles. The van der Waals surface area contributed by atoms with E-state index in [2.05, 4.69) is 5.32 Å². The number of carbonyl (C=O) groups excluding carboxylic acids is 1. The van der Waals surface area contributed by atoms with Crippen LogP contribution in [0.25, 0.3) is 0 Å². The van der Waals surface area contributed by atoms with Crippen LogP contribution in [0.1, 0.15) is 21.5 Å². The lowest BCUT2D eigenvalue weighted by molar-refractivity contribution is 0.0951. The van der Waals surface area contributed by atoms with Crippen molar-refractivity contribution in [1.82, 2.24) is 5.32 Å². The molecule has 3 nitrogen and oxygen atoms in total. The minimum atomic E-state index is -0.136. The molecule has 2 aromatic rings. The Balaban J connectivity index is 1.98. The molecule has 0 radical (unpaired) electrons. The molecular weight excluding hydrogens is 274 g/mol. The summed E-state index contributed by atoms with van der Waals surface area (Å²) >= 11 is 6.01. The average molecular weight is 290 g/mol. The molecule has 0 unspecified atom stereocenters. The van der Waals surface area contributed by atoms with Crippen molar-refractivity contribution in [2.75, 3.05) is 7.11 Å². The van der Waals surface area contributed by atoms with Gasteiger partial charge in [0.15, 0.2) is 0 Å². The lowest BCUT2D eigenvalue weighted by atomic mass is 10.1. The van der Waals surface area contributed by atoms with Gasteiger partial charge in [-0.1, -0.05) is 29.8 Å². The molecule has 0 atom stereocenters. The molecule has 104 valence electrons. The van der Waals surface area contributed by atoms with Gasteiger partial charge in [0.2, 0.25) is 0 Å². The van der Waals surface area contributed by atoms with Crippen LogP contribution >= 0.6 is 11.6 Å². The molecule has 4 heteroatoms. The fourth-order valence-electron chi connectivity index (χ4n) is 1.76. The van der Waals surface area contributed by atoms with E-state index in [4.69, 9.17) is 16.3 Å². The van der Waals surface area contributed by atoms with Crippen molar-refractivity contribution < 1.29 is 9.53 Å². The molecule has 0 aliphatic carbocycles. The second-order valence-electron chi connectivity index (χ2n) is 4.49. The Bertz CT molecular complexity index is 608. The predicted molar refractivity (Wildman–Crippen MR) is 80.4 cm³/mol. The second kappa shape index (κ2) is 6.44. The maximum Gasteiger partial charge on any atom is 0.251 e. The van der Waals surface area contributed by atoms with Gasteiger partial charge in [-0.05, 0) is 42.3 Å². The van der Waals surface area contributed by atoms with Crippen molar-refractivity contribution in [3.05, 3.63) is 64.2 Å². The van der Waals surface area contributed by atoms with Crippen molar-refractivity contribution >= 4 is 17.5 Å². The summed E-state index contributed by atoms with van der Waals surface area (Å²) in [7, 11) is 1.62. The van der Waals surface area contributed by atoms with Crippen molar-refractivity contribution in [3.8, 4) is 5.75 Å². The Kier molecular flexibility index (Phi) is 4.64. The zero-order chi connectivity index (χ0) is 14.5. The van der Waals surface area contributed by atoms with E-state index in [9.17, 15) is 4.79 Å². The standard InChI is InChI=1S/C16H16ClNO2/c1-11-3-6-13(9-15(11)17)16(19)18-10-12-4-7-14(20-2)8-5-12/h3-9H,10H2,1-2H3,(H,18,19). The fraction of sp³-hybridized carbons (Fsp3) is 0.188. The summed E-state index contributed by atoms with van der Waals surface area (Å²) in [6.07, 6.45) is 0. The third-order valence-electron chi connectivity index (χ3n) is 3.05. The third-order valence-corrected chi connectivity index (χ3v) is 3.45. The first-order chi connectivity index (χ1) is 9.60. The van der Waals surface area contributed by atoms with Gasteiger partial charge >= 0.3 is 0 Å². The molecule has 0 heterocycles. The number of methoxy groups -OCH3 is 1. The van der Waals surface area contributed by atoms with Crippen LogP contribution < -0.4 is 10.1 Å². The Morgan fingerprint density at radius 2 is 1.90 bits per heavy atom. The second-order valence-corrected chi connectivity index (χ2v) is 4.90. The average Bonchev–Trinajstić information content (AvgIpc) is 2.48. The van der Waals surface area contributed by atoms with E-state index in [1.54, 1.807) is 19.2 Å². The van der Waals surface area contributed by atoms with E-state index in [-0.39, 0.29) is 5.91 Å². The summed E-state index contributed by atoms with van der Waals surface area (Å²) < 4.78 is 5.09. The van der Waals surface area contributed by atoms with Crippen LogP contribution in [0.2, 0.25) is 5.02 Å². The Morgan fingerprint density at radius 3 is 2.50 bits per heavy atom. The molecule has 1 amide bonds. The van der Waals surface area contributed by atoms with Crippen LogP contribution in [0.3, 0.4) is 0 Å². The number of rotatable bonds is 4. The predicted octanol–water partition coefficient (Wildman–Crippen LogP) is 3.59. The van der Waals surface area contributed by atoms with E-state index in [0.29, 0.717) is 17.1 Å². The summed E-state index contributed by atoms with van der Waals surface area (Å²) in [5.74, 6) is 0.660. The van der Waals surface area contributed by atoms with Crippen LogP contribution in [0.15, 0.2) is 42.5 Å². The van der Waals surface area contributed by atoms with E-state index in [1.165, 1.54) is 0 Å². The zero-order valence-electron chi connectivity index (χ0n) is 11.4. The van der Waals surface area contributed by atoms with Gasteiger partial charge < -0.3 is 10.1 Å². The molecule has 1 N–H and O–H groups in total. The third kappa shape index (κ3) is 3.52. The summed E-state index contributed by atoms with van der Waals surface area (Å²) in [5, 5.41) is 3.46. The van der Waals surface area contributed by atoms with Gasteiger partial charge in [-0.2, -0.15) is 0 Å². The monoisotopic (exact) mass is 289 g/mol. The first-order valence-corrected chi connectivity index (χ1v) is 6.65. The minimum Gasteiger partial charge on any atom is -0.497 e. The Hall–Kier alpha value is -2.00. The maximum absolute atomic E-state index is 12.0. The highest BCUT2D eigenvalue weighted by Gasteiger charge is 2.07. The molecule has 0 saturated heterocycles. The molecule has 0 aromatic heterocycles. The minimum absolute atomic E-state index is 0.136. The number of ether oxygens (including phenoxy) is 1. The summed E-state index contributed by atoms with van der Waals surface area (Å²) in [4.78, 5) is 12.0. The largest absolute Gasteiger partial charge is 0.497 e. The van der Waals surface area contributed by atoms with Gasteiger partial charge in [-0.25, -0.2) is 0 Å². The number of amides is 1. The van der Waals surface area contributed by atoms with Crippen LogP contribution in [0.4, 0.5) is 0 Å². The highest BCUT2D eigenvalue weighted by molar-refractivity contribution is 6.31. The maximum atomic E-state index is 12.0. The highest BCUT2D eigenvalue weighted by atomic mass is 35.5. The SMILES string of the molecule is COc1ccc(CNC(=O)c2ccc(C)c(Cl)c2)cc1. The molecule has 0 saturated carbocycles. The summed E-state index contributed by atoms with van der Waals surface area (Å²) in [5.41, 5.74) is 2.53. The molecule has 0 fully saturated rings. The van der Waals surface area contributed by atoms with Gasteiger partial charge in [0.25, 0.3) is 5.91 Å². The highest BCUT2D eigenvalue weighted by Crippen LogP contribution is 2.17. The first kappa shape index (κ1) is 14.4. The van der Waals surface area contributed by atoms with E-state index in [1.807, 2.05) is 37.3 Å². The fourth-order valence-corrected chi connectivity index (χ4v) is 1.94. The zero-order valence-corrected chi connectivity index (χ0v) is 12.2. The number of carbonyl (C=O) groups is 1. The van der Waals surface area contributed by atoms with Gasteiger partial charge in [0.05, 0.1) is 7.11 Å². The van der Waals surface area contributed by atoms with E-state index in [0.717, 1.165) is 16.9 Å². The van der Waals surface area contributed by atoms with E-state index < -0.39 is 0 Å². The van der Waals surface area contributed by atoms with Crippen molar-refractivity contribution in [2.45, 2.75) is 13.5 Å². The van der Waals surface area contributed by atoms with Crippen LogP contribution in [0.5, 0.6) is 5.75 Å². The van der Waals surface area contributed by atoms with Crippen LogP contribution in [-0.2, 0) is 6.54 Å². The molecular formula is C16H16ClNO2. The van der Waals surface area contributed by atoms with Gasteiger partial charge in [-0.3, -0.25) is 4.79 Å². The molecule has 2 rings (SSSR count). The van der Waals surface area contributed by atoms with E-state index >= 15 is 0 Å². The van der Waals surface area contributed by atoms with Crippen molar-refractivity contribution in [3.63, 3.8) is 0 Å². The van der Waals surface area contributed by atoms with Gasteiger partial charge in [0.1, 0.15) is 5.75 Å². The number of hydrogen-bond acceptors (Lipinski definition) is 2. The summed E-state index contributed by atoms with van der Waals surface area (Å²) in [6.45, 7) is 2.37. The first-order valence-electron chi connectivity index (χ1n) is 6.27. The molecule has 0 bridgehead atoms. The van der Waals surface area contributed by atoms with Crippen LogP contribution in [-0.4, -0.2) is 13.0 Å².